The van der Waals surface area contributed by atoms with Gasteiger partial charge in [0.25, 0.3) is 0 Å². The summed E-state index contributed by atoms with van der Waals surface area (Å²) in [5.74, 6) is 0.507. The summed E-state index contributed by atoms with van der Waals surface area (Å²) >= 11 is 0. The zero-order valence-electron chi connectivity index (χ0n) is 19.4. The highest BCUT2D eigenvalue weighted by Gasteiger charge is 2.13. The standard InChI is InChI=1S/C27H30N3O2.BrH/c1-4-7-14-29-15-12-20(13-16-29)8-9-21-17-24-27(19-25(21)31)32-26-18-22(30(5-2)6-3)10-11-23(26)28-24;/h8-13,15-19H,4-7,14H2,1-3H3;1H/q+1;/p-1. The van der Waals surface area contributed by atoms with Crippen LogP contribution in [0.3, 0.4) is 0 Å². The molecule has 2 aliphatic rings. The van der Waals surface area contributed by atoms with Gasteiger partial charge in [0.05, 0.1) is 0 Å². The maximum atomic E-state index is 12.7. The van der Waals surface area contributed by atoms with Crippen LogP contribution >= 0.6 is 0 Å². The molecule has 1 aliphatic heterocycles. The molecule has 172 valence electrons. The second-order valence-electron chi connectivity index (χ2n) is 7.95. The molecule has 6 heteroatoms. The van der Waals surface area contributed by atoms with Crippen LogP contribution in [-0.4, -0.2) is 18.1 Å². The Bertz CT molecular complexity index is 1260. The van der Waals surface area contributed by atoms with Crippen molar-refractivity contribution < 1.29 is 26.0 Å². The Labute approximate surface area is 205 Å². The third-order valence-electron chi connectivity index (χ3n) is 5.77. The van der Waals surface area contributed by atoms with Crippen LogP contribution in [0.2, 0.25) is 0 Å². The SMILES string of the molecule is CCCC[n+]1ccc(/C=C/c2cc3nc4ccc(N(CC)CC)cc4oc-3cc2=O)cc1.[Br-]. The van der Waals surface area contributed by atoms with Gasteiger partial charge in [0.2, 0.25) is 0 Å². The number of nitrogens with zero attached hydrogens (tertiary/aromatic N) is 3. The first-order valence-electron chi connectivity index (χ1n) is 11.4. The lowest BCUT2D eigenvalue weighted by atomic mass is 10.1. The smallest absolute Gasteiger partial charge is 0.189 e. The lowest BCUT2D eigenvalue weighted by Gasteiger charge is -2.21. The Morgan fingerprint density at radius 1 is 1.00 bits per heavy atom. The van der Waals surface area contributed by atoms with Gasteiger partial charge in [0.15, 0.2) is 29.2 Å². The molecule has 0 fully saturated rings. The van der Waals surface area contributed by atoms with E-state index in [1.807, 2.05) is 24.3 Å². The van der Waals surface area contributed by atoms with Crippen LogP contribution in [0.15, 0.2) is 64.1 Å². The second-order valence-corrected chi connectivity index (χ2v) is 7.95. The van der Waals surface area contributed by atoms with Gasteiger partial charge in [0, 0.05) is 55.0 Å². The van der Waals surface area contributed by atoms with E-state index in [-0.39, 0.29) is 22.4 Å². The molecule has 1 aliphatic carbocycles. The molecule has 0 N–H and O–H groups in total. The minimum absolute atomic E-state index is 0. The van der Waals surface area contributed by atoms with E-state index in [1.165, 1.54) is 18.9 Å². The van der Waals surface area contributed by atoms with Crippen molar-refractivity contribution in [3.63, 3.8) is 0 Å². The van der Waals surface area contributed by atoms with Crippen molar-refractivity contribution in [3.05, 3.63) is 76.2 Å². The lowest BCUT2D eigenvalue weighted by molar-refractivity contribution is -0.697. The molecule has 1 aromatic heterocycles. The minimum Gasteiger partial charge on any atom is -1.00 e. The van der Waals surface area contributed by atoms with Gasteiger partial charge in [-0.3, -0.25) is 4.79 Å². The van der Waals surface area contributed by atoms with Crippen LogP contribution in [-0.2, 0) is 6.54 Å². The highest BCUT2D eigenvalue weighted by molar-refractivity contribution is 5.81. The van der Waals surface area contributed by atoms with Gasteiger partial charge in [-0.2, -0.15) is 0 Å². The number of hydrogen-bond acceptors (Lipinski definition) is 4. The fraction of sp³-hybridized carbons (Fsp3) is 0.296. The van der Waals surface area contributed by atoms with Gasteiger partial charge in [-0.25, -0.2) is 9.55 Å². The number of hydrogen-bond donors (Lipinski definition) is 0. The first-order chi connectivity index (χ1) is 15.6. The van der Waals surface area contributed by atoms with Crippen LogP contribution in [0.5, 0.6) is 0 Å². The van der Waals surface area contributed by atoms with E-state index < -0.39 is 0 Å². The Balaban J connectivity index is 0.00000306. The molecule has 2 heterocycles. The van der Waals surface area contributed by atoms with E-state index in [0.717, 1.165) is 36.4 Å². The van der Waals surface area contributed by atoms with Crippen molar-refractivity contribution >= 4 is 28.9 Å². The van der Waals surface area contributed by atoms with E-state index in [9.17, 15) is 4.79 Å². The Morgan fingerprint density at radius 3 is 2.45 bits per heavy atom. The first kappa shape index (κ1) is 24.6. The zero-order chi connectivity index (χ0) is 22.5. The Kier molecular flexibility index (Phi) is 8.39. The van der Waals surface area contributed by atoms with Crippen molar-refractivity contribution in [2.45, 2.75) is 40.2 Å². The zero-order valence-corrected chi connectivity index (χ0v) is 21.0. The molecule has 0 radical (unpaired) electrons. The fourth-order valence-corrected chi connectivity index (χ4v) is 3.83. The molecule has 5 nitrogen and oxygen atoms in total. The largest absolute Gasteiger partial charge is 1.00 e. The van der Waals surface area contributed by atoms with Gasteiger partial charge in [-0.05, 0) is 37.6 Å². The summed E-state index contributed by atoms with van der Waals surface area (Å²) in [7, 11) is 0. The topological polar surface area (TPSA) is 50.2 Å². The Morgan fingerprint density at radius 2 is 1.76 bits per heavy atom. The summed E-state index contributed by atoms with van der Waals surface area (Å²) < 4.78 is 8.23. The third-order valence-corrected chi connectivity index (χ3v) is 5.77. The summed E-state index contributed by atoms with van der Waals surface area (Å²) in [6.07, 6.45) is 10.3. The van der Waals surface area contributed by atoms with Gasteiger partial charge < -0.3 is 26.3 Å². The average molecular weight is 508 g/mol. The van der Waals surface area contributed by atoms with Gasteiger partial charge in [-0.1, -0.05) is 25.5 Å². The van der Waals surface area contributed by atoms with E-state index in [0.29, 0.717) is 22.6 Å². The van der Waals surface area contributed by atoms with E-state index in [4.69, 9.17) is 9.40 Å². The number of rotatable bonds is 8. The highest BCUT2D eigenvalue weighted by Crippen LogP contribution is 2.28. The average Bonchev–Trinajstić information content (AvgIpc) is 2.81. The minimum atomic E-state index is -0.0764. The van der Waals surface area contributed by atoms with Crippen molar-refractivity contribution in [1.82, 2.24) is 4.98 Å². The molecule has 0 unspecified atom stereocenters. The monoisotopic (exact) mass is 507 g/mol. The molecule has 1 aromatic carbocycles. The molecule has 0 bridgehead atoms. The highest BCUT2D eigenvalue weighted by atomic mass is 79.9. The lowest BCUT2D eigenvalue weighted by Crippen LogP contribution is -3.00. The number of pyridine rings is 1. The maximum absolute atomic E-state index is 12.7. The van der Waals surface area contributed by atoms with E-state index >= 15 is 0 Å². The fourth-order valence-electron chi connectivity index (χ4n) is 3.83. The molecular weight excluding hydrogens is 478 g/mol. The number of fused-ring (bicyclic) bond motifs is 2. The number of unbranched alkanes of at least 4 members (excludes halogenated alkanes) is 1. The van der Waals surface area contributed by atoms with E-state index in [1.54, 1.807) is 6.07 Å². The van der Waals surface area contributed by atoms with Crippen LogP contribution < -0.4 is 31.9 Å². The molecule has 33 heavy (non-hydrogen) atoms. The summed E-state index contributed by atoms with van der Waals surface area (Å²) in [4.78, 5) is 19.7. The molecule has 0 saturated carbocycles. The van der Waals surface area contributed by atoms with Crippen LogP contribution in [0.4, 0.5) is 5.69 Å². The normalized spacial score (nSPS) is 11.2. The first-order valence-corrected chi connectivity index (χ1v) is 11.4. The quantitative estimate of drug-likeness (QED) is 0.271. The summed E-state index contributed by atoms with van der Waals surface area (Å²) in [6, 6.07) is 13.5. The molecule has 0 spiro atoms. The van der Waals surface area contributed by atoms with Gasteiger partial charge in [-0.15, -0.1) is 0 Å². The van der Waals surface area contributed by atoms with E-state index in [2.05, 4.69) is 60.8 Å². The molecular formula is C27H30BrN3O2. The second kappa shape index (κ2) is 11.2. The predicted molar refractivity (Wildman–Crippen MR) is 131 cm³/mol. The molecule has 2 aromatic rings. The summed E-state index contributed by atoms with van der Waals surface area (Å²) in [5, 5.41) is 0. The van der Waals surface area contributed by atoms with Crippen LogP contribution in [0, 0.1) is 0 Å². The molecule has 0 amide bonds. The molecule has 0 saturated heterocycles. The van der Waals surface area contributed by atoms with Crippen LogP contribution in [0.1, 0.15) is 44.7 Å². The van der Waals surface area contributed by atoms with Crippen molar-refractivity contribution in [2.75, 3.05) is 18.0 Å². The number of benzene rings is 2. The van der Waals surface area contributed by atoms with Gasteiger partial charge in [0.1, 0.15) is 17.8 Å². The van der Waals surface area contributed by atoms with Crippen molar-refractivity contribution in [3.8, 4) is 11.5 Å². The number of aromatic nitrogens is 2. The summed E-state index contributed by atoms with van der Waals surface area (Å²) in [5.41, 5.74) is 4.81. The molecule has 4 rings (SSSR count). The van der Waals surface area contributed by atoms with Crippen molar-refractivity contribution in [2.24, 2.45) is 0 Å². The van der Waals surface area contributed by atoms with Crippen LogP contribution in [0.25, 0.3) is 34.7 Å². The number of aryl methyl sites for hydroxylation is 1. The van der Waals surface area contributed by atoms with Gasteiger partial charge >= 0.3 is 0 Å². The maximum Gasteiger partial charge on any atom is 0.189 e. The summed E-state index contributed by atoms with van der Waals surface area (Å²) in [6.45, 7) is 9.31. The number of anilines is 1. The molecule has 0 atom stereocenters. The number of halogens is 1. The third kappa shape index (κ3) is 5.69. The predicted octanol–water partition coefficient (Wildman–Crippen LogP) is 2.40. The van der Waals surface area contributed by atoms with Crippen molar-refractivity contribution in [1.29, 1.82) is 0 Å². The Hall–Kier alpha value is -2.99.